The normalized spacial score (nSPS) is 18.5. The Morgan fingerprint density at radius 3 is 2.88 bits per heavy atom. The summed E-state index contributed by atoms with van der Waals surface area (Å²) in [6.07, 6.45) is 1.81. The monoisotopic (exact) mass is 341 g/mol. The maximum absolute atomic E-state index is 12.7. The molecule has 0 fully saturated rings. The van der Waals surface area contributed by atoms with Crippen molar-refractivity contribution in [2.75, 3.05) is 6.73 Å². The third-order valence-electron chi connectivity index (χ3n) is 4.51. The molecule has 0 unspecified atom stereocenters. The molecule has 0 atom stereocenters. The van der Waals surface area contributed by atoms with Crippen molar-refractivity contribution in [3.63, 3.8) is 0 Å². The summed E-state index contributed by atoms with van der Waals surface area (Å²) in [5, 5.41) is 1.98. The molecule has 2 aliphatic rings. The van der Waals surface area contributed by atoms with E-state index in [9.17, 15) is 4.79 Å². The molecule has 0 bridgehead atoms. The molecule has 4 nitrogen and oxygen atoms in total. The average Bonchev–Trinajstić information content (AvgIpc) is 3.18. The van der Waals surface area contributed by atoms with Gasteiger partial charge < -0.3 is 9.47 Å². The number of benzene rings is 1. The molecule has 5 heteroatoms. The van der Waals surface area contributed by atoms with Gasteiger partial charge in [0, 0.05) is 34.7 Å². The lowest BCUT2D eigenvalue weighted by molar-refractivity contribution is 0.0678. The van der Waals surface area contributed by atoms with Gasteiger partial charge in [0.05, 0.1) is 5.56 Å². The molecule has 2 aromatic rings. The molecule has 0 aliphatic carbocycles. The molecule has 3 heterocycles. The molecule has 0 radical (unpaired) electrons. The van der Waals surface area contributed by atoms with Crippen molar-refractivity contribution < 1.29 is 14.3 Å². The number of thiophene rings is 1. The first-order valence-electron chi connectivity index (χ1n) is 8.05. The lowest BCUT2D eigenvalue weighted by atomic mass is 10.00. The predicted octanol–water partition coefficient (Wildman–Crippen LogP) is 4.23. The standard InChI is InChI=1S/C19H19NO3S/c1-11(2)20-9-13-7-15-17(21)16(8-14-5-4-6-24-14)23-19(15)12(3)18(13)22-10-20/h4-8,11H,9-10H2,1-3H3/b16-8-. The molecular weight excluding hydrogens is 322 g/mol. The Morgan fingerprint density at radius 1 is 1.33 bits per heavy atom. The number of rotatable bonds is 2. The van der Waals surface area contributed by atoms with Crippen LogP contribution in [0.25, 0.3) is 6.08 Å². The van der Waals surface area contributed by atoms with Gasteiger partial charge in [0.15, 0.2) is 5.76 Å². The molecular formula is C19H19NO3S. The average molecular weight is 341 g/mol. The van der Waals surface area contributed by atoms with E-state index in [0.29, 0.717) is 29.8 Å². The van der Waals surface area contributed by atoms with E-state index in [2.05, 4.69) is 18.7 Å². The summed E-state index contributed by atoms with van der Waals surface area (Å²) >= 11 is 1.58. The van der Waals surface area contributed by atoms with Crippen molar-refractivity contribution in [2.24, 2.45) is 0 Å². The first-order chi connectivity index (χ1) is 11.5. The molecule has 0 saturated heterocycles. The van der Waals surface area contributed by atoms with Crippen LogP contribution in [-0.2, 0) is 6.54 Å². The number of ketones is 1. The van der Waals surface area contributed by atoms with Crippen molar-refractivity contribution in [1.29, 1.82) is 0 Å². The fraction of sp³-hybridized carbons (Fsp3) is 0.316. The van der Waals surface area contributed by atoms with Crippen LogP contribution in [0, 0.1) is 6.92 Å². The number of ether oxygens (including phenoxy) is 2. The number of Topliss-reactive ketones (excluding diaryl/α,β-unsaturated/α-hetero) is 1. The van der Waals surface area contributed by atoms with Gasteiger partial charge in [-0.2, -0.15) is 0 Å². The second-order valence-electron chi connectivity index (χ2n) is 6.44. The lowest BCUT2D eigenvalue weighted by Gasteiger charge is -2.32. The number of hydrogen-bond donors (Lipinski definition) is 0. The van der Waals surface area contributed by atoms with Gasteiger partial charge in [-0.1, -0.05) is 6.07 Å². The van der Waals surface area contributed by atoms with Crippen LogP contribution < -0.4 is 9.47 Å². The number of allylic oxidation sites excluding steroid dienone is 1. The Morgan fingerprint density at radius 2 is 2.17 bits per heavy atom. The van der Waals surface area contributed by atoms with E-state index in [4.69, 9.17) is 9.47 Å². The van der Waals surface area contributed by atoms with Crippen LogP contribution in [0.15, 0.2) is 29.3 Å². The molecule has 1 aromatic carbocycles. The van der Waals surface area contributed by atoms with Gasteiger partial charge in [-0.05, 0) is 38.3 Å². The van der Waals surface area contributed by atoms with Crippen molar-refractivity contribution in [3.05, 3.63) is 50.9 Å². The Balaban J connectivity index is 1.74. The molecule has 2 aliphatic heterocycles. The number of hydrogen-bond acceptors (Lipinski definition) is 5. The third kappa shape index (κ3) is 2.44. The molecule has 4 rings (SSSR count). The molecule has 124 valence electrons. The van der Waals surface area contributed by atoms with E-state index in [1.54, 1.807) is 11.3 Å². The minimum Gasteiger partial charge on any atom is -0.477 e. The van der Waals surface area contributed by atoms with E-state index in [0.717, 1.165) is 28.3 Å². The zero-order valence-corrected chi connectivity index (χ0v) is 14.8. The molecule has 0 spiro atoms. The second-order valence-corrected chi connectivity index (χ2v) is 7.42. The van der Waals surface area contributed by atoms with E-state index in [1.807, 2.05) is 36.6 Å². The fourth-order valence-electron chi connectivity index (χ4n) is 3.10. The zero-order chi connectivity index (χ0) is 16.8. The Labute approximate surface area is 145 Å². The summed E-state index contributed by atoms with van der Waals surface area (Å²) in [5.74, 6) is 1.83. The molecule has 1 aromatic heterocycles. The number of fused-ring (bicyclic) bond motifs is 2. The van der Waals surface area contributed by atoms with Crippen LogP contribution in [0.5, 0.6) is 11.5 Å². The van der Waals surface area contributed by atoms with Gasteiger partial charge in [0.2, 0.25) is 5.78 Å². The summed E-state index contributed by atoms with van der Waals surface area (Å²) in [6, 6.07) is 6.26. The summed E-state index contributed by atoms with van der Waals surface area (Å²) in [4.78, 5) is 16.0. The van der Waals surface area contributed by atoms with Crippen molar-refractivity contribution in [3.8, 4) is 11.5 Å². The molecule has 0 amide bonds. The van der Waals surface area contributed by atoms with Gasteiger partial charge in [0.25, 0.3) is 0 Å². The highest BCUT2D eigenvalue weighted by Gasteiger charge is 2.33. The van der Waals surface area contributed by atoms with E-state index in [-0.39, 0.29) is 5.78 Å². The number of carbonyl (C=O) groups is 1. The Bertz CT molecular complexity index is 837. The minimum absolute atomic E-state index is 0.0500. The number of nitrogens with zero attached hydrogens (tertiary/aromatic N) is 1. The number of carbonyl (C=O) groups excluding carboxylic acids is 1. The minimum atomic E-state index is -0.0500. The van der Waals surface area contributed by atoms with Gasteiger partial charge in [0.1, 0.15) is 18.2 Å². The van der Waals surface area contributed by atoms with Crippen molar-refractivity contribution in [1.82, 2.24) is 4.90 Å². The van der Waals surface area contributed by atoms with Gasteiger partial charge in [-0.15, -0.1) is 11.3 Å². The quantitative estimate of drug-likeness (QED) is 0.766. The van der Waals surface area contributed by atoms with Crippen molar-refractivity contribution >= 4 is 23.2 Å². The summed E-state index contributed by atoms with van der Waals surface area (Å²) in [5.41, 5.74) is 2.61. The fourth-order valence-corrected chi connectivity index (χ4v) is 3.75. The van der Waals surface area contributed by atoms with Crippen LogP contribution in [0.2, 0.25) is 0 Å². The first-order valence-corrected chi connectivity index (χ1v) is 8.93. The molecule has 0 saturated carbocycles. The van der Waals surface area contributed by atoms with Gasteiger partial charge >= 0.3 is 0 Å². The Kier molecular flexibility index (Phi) is 3.70. The van der Waals surface area contributed by atoms with Crippen molar-refractivity contribution in [2.45, 2.75) is 33.4 Å². The molecule has 0 N–H and O–H groups in total. The summed E-state index contributed by atoms with van der Waals surface area (Å²) < 4.78 is 11.8. The first kappa shape index (κ1) is 15.4. The smallest absolute Gasteiger partial charge is 0.232 e. The maximum atomic E-state index is 12.7. The van der Waals surface area contributed by atoms with Gasteiger partial charge in [-0.25, -0.2) is 0 Å². The lowest BCUT2D eigenvalue weighted by Crippen LogP contribution is -2.37. The topological polar surface area (TPSA) is 38.8 Å². The highest BCUT2D eigenvalue weighted by molar-refractivity contribution is 7.10. The van der Waals surface area contributed by atoms with Gasteiger partial charge in [-0.3, -0.25) is 9.69 Å². The van der Waals surface area contributed by atoms with E-state index < -0.39 is 0 Å². The zero-order valence-electron chi connectivity index (χ0n) is 14.0. The third-order valence-corrected chi connectivity index (χ3v) is 5.33. The van der Waals surface area contributed by atoms with Crippen LogP contribution in [0.3, 0.4) is 0 Å². The van der Waals surface area contributed by atoms with Crippen LogP contribution in [0.4, 0.5) is 0 Å². The van der Waals surface area contributed by atoms with Crippen LogP contribution in [0.1, 0.15) is 40.2 Å². The molecule has 24 heavy (non-hydrogen) atoms. The highest BCUT2D eigenvalue weighted by atomic mass is 32.1. The van der Waals surface area contributed by atoms with E-state index in [1.165, 1.54) is 0 Å². The Hall–Kier alpha value is -2.11. The maximum Gasteiger partial charge on any atom is 0.232 e. The summed E-state index contributed by atoms with van der Waals surface area (Å²) in [7, 11) is 0. The predicted molar refractivity (Wildman–Crippen MR) is 94.6 cm³/mol. The largest absolute Gasteiger partial charge is 0.477 e. The van der Waals surface area contributed by atoms with Crippen LogP contribution in [-0.4, -0.2) is 23.5 Å². The van der Waals surface area contributed by atoms with E-state index >= 15 is 0 Å². The highest BCUT2D eigenvalue weighted by Crippen LogP contribution is 2.43. The van der Waals surface area contributed by atoms with Crippen LogP contribution >= 0.6 is 11.3 Å². The summed E-state index contributed by atoms with van der Waals surface area (Å²) in [6.45, 7) is 7.61. The second kappa shape index (κ2) is 5.76. The SMILES string of the molecule is Cc1c2c(cc3c1O/C(=C\c1cccs1)C3=O)CN(C(C)C)CO2.